The molecule has 0 radical (unpaired) electrons. The van der Waals surface area contributed by atoms with Gasteiger partial charge in [0.2, 0.25) is 5.91 Å². The monoisotopic (exact) mass is 418 g/mol. The molecule has 1 aromatic rings. The van der Waals surface area contributed by atoms with Gasteiger partial charge < -0.3 is 16.0 Å². The van der Waals surface area contributed by atoms with Crippen molar-refractivity contribution >= 4 is 36.4 Å². The molecular formula is C20H36Cl2N4O. The van der Waals surface area contributed by atoms with Crippen LogP contribution < -0.4 is 16.0 Å². The van der Waals surface area contributed by atoms with E-state index in [0.717, 1.165) is 39.1 Å². The third-order valence-electron chi connectivity index (χ3n) is 4.80. The molecule has 1 aliphatic rings. The quantitative estimate of drug-likeness (QED) is 0.680. The third-order valence-corrected chi connectivity index (χ3v) is 4.80. The first-order valence-corrected chi connectivity index (χ1v) is 9.51. The summed E-state index contributed by atoms with van der Waals surface area (Å²) in [5.41, 5.74) is 8.36. The van der Waals surface area contributed by atoms with Crippen LogP contribution in [0.3, 0.4) is 0 Å². The fraction of sp³-hybridized carbons (Fsp3) is 0.650. The van der Waals surface area contributed by atoms with Crippen LogP contribution in [0.15, 0.2) is 24.3 Å². The lowest BCUT2D eigenvalue weighted by Crippen LogP contribution is -2.48. The van der Waals surface area contributed by atoms with Gasteiger partial charge in [-0.25, -0.2) is 0 Å². The van der Waals surface area contributed by atoms with E-state index in [9.17, 15) is 4.79 Å². The molecule has 0 aliphatic carbocycles. The lowest BCUT2D eigenvalue weighted by molar-refractivity contribution is -0.122. The van der Waals surface area contributed by atoms with E-state index in [4.69, 9.17) is 5.73 Å². The van der Waals surface area contributed by atoms with Gasteiger partial charge in [0.05, 0.1) is 0 Å². The van der Waals surface area contributed by atoms with E-state index in [1.54, 1.807) is 0 Å². The Balaban J connectivity index is 0.00000338. The normalized spacial score (nSPS) is 15.7. The molecule has 0 spiro atoms. The minimum atomic E-state index is 0. The van der Waals surface area contributed by atoms with E-state index >= 15 is 0 Å². The van der Waals surface area contributed by atoms with Gasteiger partial charge in [-0.05, 0) is 37.0 Å². The van der Waals surface area contributed by atoms with Crippen LogP contribution >= 0.6 is 24.8 Å². The number of anilines is 1. The number of hydrogen-bond donors (Lipinski definition) is 2. The van der Waals surface area contributed by atoms with Gasteiger partial charge in [-0.2, -0.15) is 0 Å². The lowest BCUT2D eigenvalue weighted by atomic mass is 10.0. The Labute approximate surface area is 176 Å². The van der Waals surface area contributed by atoms with E-state index in [1.807, 2.05) is 0 Å². The molecule has 1 aliphatic heterocycles. The number of rotatable bonds is 8. The first-order chi connectivity index (χ1) is 12.0. The molecule has 0 saturated carbocycles. The highest BCUT2D eigenvalue weighted by Crippen LogP contribution is 2.17. The van der Waals surface area contributed by atoms with Crippen molar-refractivity contribution in [3.63, 3.8) is 0 Å². The average molecular weight is 419 g/mol. The van der Waals surface area contributed by atoms with Gasteiger partial charge in [-0.1, -0.05) is 26.0 Å². The summed E-state index contributed by atoms with van der Waals surface area (Å²) < 4.78 is 0. The van der Waals surface area contributed by atoms with Crippen LogP contribution in [0.4, 0.5) is 5.69 Å². The number of hydrogen-bond acceptors (Lipinski definition) is 4. The number of benzene rings is 1. The zero-order valence-corrected chi connectivity index (χ0v) is 18.5. The molecule has 3 N–H and O–H groups in total. The Hall–Kier alpha value is -1.01. The van der Waals surface area contributed by atoms with E-state index in [1.165, 1.54) is 11.3 Å². The number of carbonyl (C=O) groups is 1. The van der Waals surface area contributed by atoms with E-state index in [-0.39, 0.29) is 36.8 Å². The van der Waals surface area contributed by atoms with Gasteiger partial charge >= 0.3 is 0 Å². The number of carbonyl (C=O) groups excluding carboxylic acids is 1. The minimum Gasteiger partial charge on any atom is -0.369 e. The number of nitrogens with two attached hydrogens (primary N) is 1. The SMILES string of the molecule is Cc1cccc(N2CCN(CCC(=O)NC(CN)CC(C)C)CC2)c1.Cl.Cl. The second-order valence-electron chi connectivity index (χ2n) is 7.55. The summed E-state index contributed by atoms with van der Waals surface area (Å²) in [6.07, 6.45) is 1.50. The predicted molar refractivity (Wildman–Crippen MR) is 119 cm³/mol. The Morgan fingerprint density at radius 2 is 1.85 bits per heavy atom. The van der Waals surface area contributed by atoms with Crippen LogP contribution in [-0.2, 0) is 4.79 Å². The van der Waals surface area contributed by atoms with Crippen LogP contribution in [0.25, 0.3) is 0 Å². The van der Waals surface area contributed by atoms with Crippen LogP contribution in [-0.4, -0.2) is 56.1 Å². The van der Waals surface area contributed by atoms with Gasteiger partial charge in [0.1, 0.15) is 0 Å². The lowest BCUT2D eigenvalue weighted by Gasteiger charge is -2.36. The number of piperazine rings is 1. The fourth-order valence-electron chi connectivity index (χ4n) is 3.40. The van der Waals surface area contributed by atoms with Gasteiger partial charge in [-0.3, -0.25) is 9.69 Å². The molecule has 1 amide bonds. The molecule has 5 nitrogen and oxygen atoms in total. The standard InChI is InChI=1S/C20H34N4O.2ClH/c1-16(2)13-18(15-21)22-20(25)7-8-23-9-11-24(12-10-23)19-6-4-5-17(3)14-19;;/h4-6,14,16,18H,7-13,15,21H2,1-3H3,(H,22,25);2*1H. The molecule has 0 aromatic heterocycles. The van der Waals surface area contributed by atoms with Crippen LogP contribution in [0.5, 0.6) is 0 Å². The summed E-state index contributed by atoms with van der Waals surface area (Å²) in [5, 5.41) is 3.08. The Morgan fingerprint density at radius 1 is 1.19 bits per heavy atom. The number of amides is 1. The van der Waals surface area contributed by atoms with Crippen molar-refractivity contribution in [1.82, 2.24) is 10.2 Å². The summed E-state index contributed by atoms with van der Waals surface area (Å²) in [5.74, 6) is 0.667. The number of nitrogens with zero attached hydrogens (tertiary/aromatic N) is 2. The van der Waals surface area contributed by atoms with E-state index in [0.29, 0.717) is 18.9 Å². The average Bonchev–Trinajstić information content (AvgIpc) is 2.59. The maximum absolute atomic E-state index is 12.2. The second kappa shape index (κ2) is 13.2. The van der Waals surface area contributed by atoms with Crippen LogP contribution in [0, 0.1) is 12.8 Å². The van der Waals surface area contributed by atoms with Crippen molar-refractivity contribution in [2.75, 3.05) is 44.2 Å². The summed E-state index contributed by atoms with van der Waals surface area (Å²) in [4.78, 5) is 17.0. The van der Waals surface area contributed by atoms with Crippen LogP contribution in [0.1, 0.15) is 32.3 Å². The summed E-state index contributed by atoms with van der Waals surface area (Å²) in [6, 6.07) is 8.77. The first-order valence-electron chi connectivity index (χ1n) is 9.51. The van der Waals surface area contributed by atoms with E-state index in [2.05, 4.69) is 60.2 Å². The van der Waals surface area contributed by atoms with Crippen molar-refractivity contribution in [3.8, 4) is 0 Å². The molecule has 27 heavy (non-hydrogen) atoms. The molecule has 1 atom stereocenters. The Kier molecular flexibility index (Phi) is 12.7. The molecule has 0 bridgehead atoms. The molecule has 1 unspecified atom stereocenters. The number of aryl methyl sites for hydroxylation is 1. The summed E-state index contributed by atoms with van der Waals surface area (Å²) in [7, 11) is 0. The first kappa shape index (κ1) is 26.0. The number of halogens is 2. The molecule has 1 aromatic carbocycles. The van der Waals surface area contributed by atoms with Crippen LogP contribution in [0.2, 0.25) is 0 Å². The highest BCUT2D eigenvalue weighted by molar-refractivity contribution is 5.85. The zero-order valence-electron chi connectivity index (χ0n) is 16.8. The highest BCUT2D eigenvalue weighted by atomic mass is 35.5. The smallest absolute Gasteiger partial charge is 0.221 e. The van der Waals surface area contributed by atoms with Crippen molar-refractivity contribution in [2.24, 2.45) is 11.7 Å². The third kappa shape index (κ3) is 9.15. The molecule has 1 heterocycles. The van der Waals surface area contributed by atoms with Crippen molar-refractivity contribution in [2.45, 2.75) is 39.7 Å². The fourth-order valence-corrected chi connectivity index (χ4v) is 3.40. The maximum atomic E-state index is 12.2. The molecule has 156 valence electrons. The largest absolute Gasteiger partial charge is 0.369 e. The van der Waals surface area contributed by atoms with Gasteiger partial charge in [0, 0.05) is 57.4 Å². The molecule has 2 rings (SSSR count). The van der Waals surface area contributed by atoms with E-state index < -0.39 is 0 Å². The maximum Gasteiger partial charge on any atom is 0.221 e. The second-order valence-corrected chi connectivity index (χ2v) is 7.55. The highest BCUT2D eigenvalue weighted by Gasteiger charge is 2.18. The van der Waals surface area contributed by atoms with Gasteiger partial charge in [0.25, 0.3) is 0 Å². The molecular weight excluding hydrogens is 383 g/mol. The van der Waals surface area contributed by atoms with Crippen molar-refractivity contribution in [3.05, 3.63) is 29.8 Å². The molecule has 1 saturated heterocycles. The van der Waals surface area contributed by atoms with Gasteiger partial charge in [0.15, 0.2) is 0 Å². The molecule has 7 heteroatoms. The van der Waals surface area contributed by atoms with Crippen molar-refractivity contribution in [1.29, 1.82) is 0 Å². The number of nitrogens with one attached hydrogen (secondary N) is 1. The molecule has 1 fully saturated rings. The van der Waals surface area contributed by atoms with Gasteiger partial charge in [-0.15, -0.1) is 24.8 Å². The Bertz CT molecular complexity index is 549. The minimum absolute atomic E-state index is 0. The summed E-state index contributed by atoms with van der Waals surface area (Å²) >= 11 is 0. The van der Waals surface area contributed by atoms with Crippen molar-refractivity contribution < 1.29 is 4.79 Å². The summed E-state index contributed by atoms with van der Waals surface area (Å²) in [6.45, 7) is 11.8. The topological polar surface area (TPSA) is 61.6 Å². The predicted octanol–water partition coefficient (Wildman–Crippen LogP) is 2.84. The zero-order chi connectivity index (χ0) is 18.2. The Morgan fingerprint density at radius 3 is 2.41 bits per heavy atom.